The minimum atomic E-state index is -1.06. The molecule has 1 saturated heterocycles. The van der Waals surface area contributed by atoms with E-state index in [0.717, 1.165) is 40.7 Å². The summed E-state index contributed by atoms with van der Waals surface area (Å²) < 4.78 is 0. The first-order valence-electron chi connectivity index (χ1n) is 18.3. The number of aromatic amines is 1. The number of H-pyrrole nitrogens is 1. The fourth-order valence-corrected chi connectivity index (χ4v) is 7.08. The zero-order chi connectivity index (χ0) is 38.0. The standard InChI is InChI=1S/C39H45N9O6/c1-23-20-29(36(50)43-32-4-2-3-19-40-37(32)51)15-18-31(23)26-9-5-24(6-10-26)21-33(44-35(49)28-11-7-25(8-12-28)22-41-39(53)54)38(52)42-30-16-13-27(14-17-30)34-45-47-48-46-34/h5-6,9-10,13-18,20,25,28,32-33,41H,2-4,7-8,11-12,19,21-22H2,1H3,(H,40,51)(H,42,52)(H,43,50)(H,44,49)(H,53,54)(H,45,46,47,48)/t25-,28-,32-,33-/m0/s1. The molecule has 0 spiro atoms. The second-order valence-electron chi connectivity index (χ2n) is 14.0. The quantitative estimate of drug-likeness (QED) is 0.112. The Balaban J connectivity index is 1.13. The molecule has 1 aliphatic heterocycles. The van der Waals surface area contributed by atoms with Crippen molar-refractivity contribution in [3.05, 3.63) is 83.4 Å². The molecule has 0 radical (unpaired) electrons. The van der Waals surface area contributed by atoms with Gasteiger partial charge >= 0.3 is 6.09 Å². The van der Waals surface area contributed by atoms with E-state index in [1.165, 1.54) is 0 Å². The number of hydrogen-bond donors (Lipinski definition) is 7. The van der Waals surface area contributed by atoms with Crippen molar-refractivity contribution in [1.82, 2.24) is 41.9 Å². The number of rotatable bonds is 12. The van der Waals surface area contributed by atoms with Gasteiger partial charge in [-0.2, -0.15) is 5.21 Å². The third-order valence-corrected chi connectivity index (χ3v) is 10.2. The number of amides is 5. The van der Waals surface area contributed by atoms with E-state index in [9.17, 15) is 24.0 Å². The molecule has 1 aliphatic carbocycles. The highest BCUT2D eigenvalue weighted by molar-refractivity contribution is 5.99. The Hall–Kier alpha value is -6.12. The van der Waals surface area contributed by atoms with Gasteiger partial charge in [0, 0.05) is 42.2 Å². The van der Waals surface area contributed by atoms with Crippen molar-refractivity contribution in [3.8, 4) is 22.5 Å². The Morgan fingerprint density at radius 3 is 2.33 bits per heavy atom. The van der Waals surface area contributed by atoms with E-state index in [-0.39, 0.29) is 41.9 Å². The van der Waals surface area contributed by atoms with Crippen LogP contribution in [0.25, 0.3) is 22.5 Å². The summed E-state index contributed by atoms with van der Waals surface area (Å²) in [6, 6.07) is 18.8. The summed E-state index contributed by atoms with van der Waals surface area (Å²) >= 11 is 0. The lowest BCUT2D eigenvalue weighted by Crippen LogP contribution is -2.48. The summed E-state index contributed by atoms with van der Waals surface area (Å²) in [5.41, 5.74) is 5.33. The highest BCUT2D eigenvalue weighted by atomic mass is 16.4. The van der Waals surface area contributed by atoms with E-state index in [0.29, 0.717) is 62.3 Å². The van der Waals surface area contributed by atoms with Gasteiger partial charge in [-0.25, -0.2) is 4.79 Å². The Kier molecular flexibility index (Phi) is 12.3. The molecular formula is C39H45N9O6. The second kappa shape index (κ2) is 17.6. The van der Waals surface area contributed by atoms with Crippen LogP contribution in [0.3, 0.4) is 0 Å². The average Bonchev–Trinajstić information content (AvgIpc) is 3.64. The topological polar surface area (TPSA) is 220 Å². The summed E-state index contributed by atoms with van der Waals surface area (Å²) in [5.74, 6) is -0.709. The predicted molar refractivity (Wildman–Crippen MR) is 200 cm³/mol. The van der Waals surface area contributed by atoms with Crippen molar-refractivity contribution in [3.63, 3.8) is 0 Å². The van der Waals surface area contributed by atoms with Gasteiger partial charge in [-0.15, -0.1) is 10.2 Å². The number of aromatic nitrogens is 4. The number of carbonyl (C=O) groups is 5. The molecule has 2 aliphatic rings. The zero-order valence-corrected chi connectivity index (χ0v) is 30.1. The van der Waals surface area contributed by atoms with Gasteiger partial charge in [0.15, 0.2) is 0 Å². The Bertz CT molecular complexity index is 1940. The monoisotopic (exact) mass is 735 g/mol. The van der Waals surface area contributed by atoms with Crippen LogP contribution in [0.5, 0.6) is 0 Å². The summed E-state index contributed by atoms with van der Waals surface area (Å²) in [7, 11) is 0. The van der Waals surface area contributed by atoms with Gasteiger partial charge in [0.2, 0.25) is 23.5 Å². The summed E-state index contributed by atoms with van der Waals surface area (Å²) in [6.45, 7) is 2.91. The van der Waals surface area contributed by atoms with Crippen LogP contribution in [0.15, 0.2) is 66.7 Å². The molecule has 2 heterocycles. The van der Waals surface area contributed by atoms with Gasteiger partial charge < -0.3 is 31.7 Å². The van der Waals surface area contributed by atoms with Gasteiger partial charge in [-0.1, -0.05) is 30.3 Å². The SMILES string of the molecule is Cc1cc(C(=O)N[C@H]2CCCCNC2=O)ccc1-c1ccc(C[C@H](NC(=O)[C@H]2CC[C@H](CNC(=O)O)CC2)C(=O)Nc2ccc(-c3nn[nH]n3)cc2)cc1. The normalized spacial score (nSPS) is 19.1. The number of nitrogens with zero attached hydrogens (tertiary/aromatic N) is 3. The van der Waals surface area contributed by atoms with Crippen LogP contribution in [-0.2, 0) is 20.8 Å². The third kappa shape index (κ3) is 9.85. The number of benzene rings is 3. The molecule has 0 bridgehead atoms. The number of carbonyl (C=O) groups excluding carboxylic acids is 4. The molecule has 282 valence electrons. The predicted octanol–water partition coefficient (Wildman–Crippen LogP) is 3.98. The maximum absolute atomic E-state index is 13.7. The van der Waals surface area contributed by atoms with Crippen molar-refractivity contribution in [2.24, 2.45) is 11.8 Å². The maximum Gasteiger partial charge on any atom is 0.404 e. The first-order valence-corrected chi connectivity index (χ1v) is 18.3. The van der Waals surface area contributed by atoms with Crippen LogP contribution in [0.2, 0.25) is 0 Å². The minimum absolute atomic E-state index is 0.154. The fraction of sp³-hybridized carbons (Fsp3) is 0.385. The third-order valence-electron chi connectivity index (χ3n) is 10.2. The van der Waals surface area contributed by atoms with Gasteiger partial charge in [0.1, 0.15) is 12.1 Å². The van der Waals surface area contributed by atoms with Gasteiger partial charge in [-0.3, -0.25) is 19.2 Å². The first-order chi connectivity index (χ1) is 26.1. The maximum atomic E-state index is 13.7. The zero-order valence-electron chi connectivity index (χ0n) is 30.1. The lowest BCUT2D eigenvalue weighted by molar-refractivity contribution is -0.130. The summed E-state index contributed by atoms with van der Waals surface area (Å²) in [4.78, 5) is 63.5. The van der Waals surface area contributed by atoms with Crippen molar-refractivity contribution in [1.29, 1.82) is 0 Å². The molecule has 2 atom stereocenters. The van der Waals surface area contributed by atoms with Crippen LogP contribution in [0.4, 0.5) is 10.5 Å². The number of tetrazole rings is 1. The van der Waals surface area contributed by atoms with Crippen LogP contribution < -0.4 is 26.6 Å². The Morgan fingerprint density at radius 2 is 1.65 bits per heavy atom. The number of hydrogen-bond acceptors (Lipinski definition) is 8. The van der Waals surface area contributed by atoms with Crippen LogP contribution in [0, 0.1) is 18.8 Å². The van der Waals surface area contributed by atoms with Gasteiger partial charge in [0.05, 0.1) is 0 Å². The molecule has 3 aromatic carbocycles. The molecule has 6 rings (SSSR count). The van der Waals surface area contributed by atoms with Crippen LogP contribution in [0.1, 0.15) is 66.4 Å². The molecule has 0 unspecified atom stereocenters. The largest absolute Gasteiger partial charge is 0.465 e. The van der Waals surface area contributed by atoms with E-state index < -0.39 is 18.2 Å². The molecule has 1 aromatic heterocycles. The van der Waals surface area contributed by atoms with E-state index >= 15 is 0 Å². The first kappa shape index (κ1) is 37.6. The number of carboxylic acid groups (broad SMARTS) is 1. The van der Waals surface area contributed by atoms with Gasteiger partial charge in [-0.05, 0) is 122 Å². The van der Waals surface area contributed by atoms with E-state index in [1.54, 1.807) is 30.3 Å². The molecule has 1 saturated carbocycles. The smallest absolute Gasteiger partial charge is 0.404 e. The highest BCUT2D eigenvalue weighted by Gasteiger charge is 2.30. The molecule has 15 nitrogen and oxygen atoms in total. The number of anilines is 1. The van der Waals surface area contributed by atoms with E-state index in [1.807, 2.05) is 43.3 Å². The van der Waals surface area contributed by atoms with Crippen LogP contribution >= 0.6 is 0 Å². The second-order valence-corrected chi connectivity index (χ2v) is 14.0. The van der Waals surface area contributed by atoms with E-state index in [2.05, 4.69) is 47.2 Å². The highest BCUT2D eigenvalue weighted by Crippen LogP contribution is 2.29. The van der Waals surface area contributed by atoms with Crippen molar-refractivity contribution in [2.75, 3.05) is 18.4 Å². The number of aryl methyl sites for hydroxylation is 1. The molecule has 5 amide bonds. The summed E-state index contributed by atoms with van der Waals surface area (Å²) in [6.07, 6.45) is 4.19. The van der Waals surface area contributed by atoms with Crippen molar-refractivity contribution in [2.45, 2.75) is 70.4 Å². The lowest BCUT2D eigenvalue weighted by atomic mass is 9.81. The molecule has 4 aromatic rings. The molecule has 7 N–H and O–H groups in total. The molecule has 54 heavy (non-hydrogen) atoms. The number of nitrogens with one attached hydrogen (secondary N) is 6. The van der Waals surface area contributed by atoms with E-state index in [4.69, 9.17) is 5.11 Å². The lowest BCUT2D eigenvalue weighted by Gasteiger charge is -2.29. The molecule has 2 fully saturated rings. The average molecular weight is 736 g/mol. The van der Waals surface area contributed by atoms with Crippen LogP contribution in [-0.4, -0.2) is 80.6 Å². The Morgan fingerprint density at radius 1 is 0.907 bits per heavy atom. The van der Waals surface area contributed by atoms with Crippen molar-refractivity contribution >= 4 is 35.4 Å². The Labute approximate surface area is 312 Å². The van der Waals surface area contributed by atoms with Crippen molar-refractivity contribution < 1.29 is 29.1 Å². The minimum Gasteiger partial charge on any atom is -0.465 e. The fourth-order valence-electron chi connectivity index (χ4n) is 7.08. The molecular weight excluding hydrogens is 690 g/mol. The summed E-state index contributed by atoms with van der Waals surface area (Å²) in [5, 5.41) is 37.0. The van der Waals surface area contributed by atoms with Gasteiger partial charge in [0.25, 0.3) is 5.91 Å². The molecule has 15 heteroatoms.